The van der Waals surface area contributed by atoms with Crippen LogP contribution in [-0.4, -0.2) is 23.2 Å². The number of fused-ring (bicyclic) bond motifs is 1. The van der Waals surface area contributed by atoms with Crippen molar-refractivity contribution >= 4 is 10.9 Å². The van der Waals surface area contributed by atoms with Crippen LogP contribution < -0.4 is 5.32 Å². The molecule has 1 aromatic heterocycles. The maximum Gasteiger partial charge on any atom is 0.0499 e. The molecule has 1 heterocycles. The molecule has 0 saturated heterocycles. The van der Waals surface area contributed by atoms with Crippen LogP contribution in [0.5, 0.6) is 0 Å². The van der Waals surface area contributed by atoms with Crippen molar-refractivity contribution in [3.63, 3.8) is 0 Å². The SMILES string of the molecule is OCC1(CNCc2ccc3[nH]ccc3c2)CCCCC1. The lowest BCUT2D eigenvalue weighted by Crippen LogP contribution is -2.38. The van der Waals surface area contributed by atoms with E-state index >= 15 is 0 Å². The molecule has 0 spiro atoms. The lowest BCUT2D eigenvalue weighted by atomic mass is 9.74. The second kappa shape index (κ2) is 5.98. The van der Waals surface area contributed by atoms with Crippen LogP contribution in [0.1, 0.15) is 37.7 Å². The molecule has 3 rings (SSSR count). The summed E-state index contributed by atoms with van der Waals surface area (Å²) in [5.41, 5.74) is 2.62. The summed E-state index contributed by atoms with van der Waals surface area (Å²) >= 11 is 0. The largest absolute Gasteiger partial charge is 0.396 e. The fourth-order valence-electron chi connectivity index (χ4n) is 3.38. The molecule has 1 saturated carbocycles. The van der Waals surface area contributed by atoms with Gasteiger partial charge in [-0.3, -0.25) is 0 Å². The first-order valence-electron chi connectivity index (χ1n) is 7.69. The Morgan fingerprint density at radius 2 is 2.00 bits per heavy atom. The van der Waals surface area contributed by atoms with Gasteiger partial charge >= 0.3 is 0 Å². The molecule has 1 fully saturated rings. The number of hydrogen-bond acceptors (Lipinski definition) is 2. The Bertz CT molecular complexity index is 555. The fraction of sp³-hybridized carbons (Fsp3) is 0.529. The molecule has 20 heavy (non-hydrogen) atoms. The molecule has 0 unspecified atom stereocenters. The quantitative estimate of drug-likeness (QED) is 0.783. The van der Waals surface area contributed by atoms with E-state index in [4.69, 9.17) is 0 Å². The third kappa shape index (κ3) is 2.89. The van der Waals surface area contributed by atoms with Crippen LogP contribution in [0.4, 0.5) is 0 Å². The Morgan fingerprint density at radius 3 is 2.80 bits per heavy atom. The number of hydrogen-bond donors (Lipinski definition) is 3. The van der Waals surface area contributed by atoms with Gasteiger partial charge in [-0.2, -0.15) is 0 Å². The van der Waals surface area contributed by atoms with Gasteiger partial charge in [0.05, 0.1) is 0 Å². The van der Waals surface area contributed by atoms with Gasteiger partial charge in [-0.15, -0.1) is 0 Å². The van der Waals surface area contributed by atoms with E-state index in [0.717, 1.165) is 25.9 Å². The molecule has 1 aliphatic carbocycles. The van der Waals surface area contributed by atoms with Crippen molar-refractivity contribution in [3.05, 3.63) is 36.0 Å². The van der Waals surface area contributed by atoms with E-state index in [1.54, 1.807) is 0 Å². The third-order valence-corrected chi connectivity index (χ3v) is 4.70. The molecule has 0 aliphatic heterocycles. The first-order chi connectivity index (χ1) is 9.81. The van der Waals surface area contributed by atoms with Crippen LogP contribution in [-0.2, 0) is 6.54 Å². The Balaban J connectivity index is 1.58. The van der Waals surface area contributed by atoms with Crippen molar-refractivity contribution in [1.29, 1.82) is 0 Å². The topological polar surface area (TPSA) is 48.0 Å². The number of aliphatic hydroxyl groups is 1. The van der Waals surface area contributed by atoms with Crippen molar-refractivity contribution in [2.75, 3.05) is 13.2 Å². The zero-order valence-electron chi connectivity index (χ0n) is 12.0. The van der Waals surface area contributed by atoms with Gasteiger partial charge in [-0.25, -0.2) is 0 Å². The van der Waals surface area contributed by atoms with Gasteiger partial charge in [0.15, 0.2) is 0 Å². The molecule has 0 atom stereocenters. The van der Waals surface area contributed by atoms with E-state index in [2.05, 4.69) is 34.6 Å². The van der Waals surface area contributed by atoms with Crippen LogP contribution in [0.3, 0.4) is 0 Å². The van der Waals surface area contributed by atoms with Gasteiger partial charge in [0.1, 0.15) is 0 Å². The van der Waals surface area contributed by atoms with Crippen molar-refractivity contribution in [2.45, 2.75) is 38.6 Å². The summed E-state index contributed by atoms with van der Waals surface area (Å²) in [6.45, 7) is 2.12. The first kappa shape index (κ1) is 13.7. The molecule has 3 heteroatoms. The van der Waals surface area contributed by atoms with Gasteiger partial charge in [0.2, 0.25) is 0 Å². The second-order valence-electron chi connectivity index (χ2n) is 6.22. The van der Waals surface area contributed by atoms with Crippen molar-refractivity contribution in [1.82, 2.24) is 10.3 Å². The van der Waals surface area contributed by atoms with Crippen molar-refractivity contribution < 1.29 is 5.11 Å². The van der Waals surface area contributed by atoms with E-state index in [1.807, 2.05) is 6.20 Å². The highest BCUT2D eigenvalue weighted by atomic mass is 16.3. The molecule has 2 aromatic rings. The summed E-state index contributed by atoms with van der Waals surface area (Å²) in [5.74, 6) is 0. The average molecular weight is 272 g/mol. The van der Waals surface area contributed by atoms with Gasteiger partial charge in [-0.05, 0) is 42.0 Å². The first-order valence-corrected chi connectivity index (χ1v) is 7.69. The van der Waals surface area contributed by atoms with E-state index < -0.39 is 0 Å². The summed E-state index contributed by atoms with van der Waals surface area (Å²) in [6.07, 6.45) is 8.15. The fourth-order valence-corrected chi connectivity index (χ4v) is 3.38. The molecular weight excluding hydrogens is 248 g/mol. The number of H-pyrrole nitrogens is 1. The number of benzene rings is 1. The van der Waals surface area contributed by atoms with E-state index in [1.165, 1.54) is 35.7 Å². The van der Waals surface area contributed by atoms with Gasteiger partial charge < -0.3 is 15.4 Å². The summed E-state index contributed by atoms with van der Waals surface area (Å²) in [7, 11) is 0. The van der Waals surface area contributed by atoms with Crippen LogP contribution in [0, 0.1) is 5.41 Å². The predicted octanol–water partition coefficient (Wildman–Crippen LogP) is 3.20. The molecule has 1 aliphatic rings. The monoisotopic (exact) mass is 272 g/mol. The maximum absolute atomic E-state index is 9.71. The summed E-state index contributed by atoms with van der Waals surface area (Å²) in [4.78, 5) is 3.22. The molecule has 3 N–H and O–H groups in total. The molecule has 0 radical (unpaired) electrons. The predicted molar refractivity (Wildman–Crippen MR) is 82.6 cm³/mol. The molecular formula is C17H24N2O. The smallest absolute Gasteiger partial charge is 0.0499 e. The normalized spacial score (nSPS) is 18.4. The van der Waals surface area contributed by atoms with Crippen molar-refractivity contribution in [2.24, 2.45) is 5.41 Å². The number of aromatic nitrogens is 1. The second-order valence-corrected chi connectivity index (χ2v) is 6.22. The zero-order chi connectivity index (χ0) is 13.8. The average Bonchev–Trinajstić information content (AvgIpc) is 2.96. The highest BCUT2D eigenvalue weighted by molar-refractivity contribution is 5.79. The van der Waals surface area contributed by atoms with Crippen molar-refractivity contribution in [3.8, 4) is 0 Å². The summed E-state index contributed by atoms with van der Waals surface area (Å²) in [6, 6.07) is 8.63. The zero-order valence-corrected chi connectivity index (χ0v) is 12.0. The minimum absolute atomic E-state index is 0.121. The maximum atomic E-state index is 9.71. The standard InChI is InChI=1S/C17H24N2O/c20-13-17(7-2-1-3-8-17)12-18-11-14-4-5-16-15(10-14)6-9-19-16/h4-6,9-10,18-20H,1-3,7-8,11-13H2. The lowest BCUT2D eigenvalue weighted by molar-refractivity contribution is 0.0810. The van der Waals surface area contributed by atoms with Crippen LogP contribution in [0.2, 0.25) is 0 Å². The number of aliphatic hydroxyl groups excluding tert-OH is 1. The highest BCUT2D eigenvalue weighted by Crippen LogP contribution is 2.35. The van der Waals surface area contributed by atoms with Gasteiger partial charge in [-0.1, -0.05) is 25.3 Å². The Hall–Kier alpha value is -1.32. The van der Waals surface area contributed by atoms with Gasteiger partial charge in [0.25, 0.3) is 0 Å². The Kier molecular flexibility index (Phi) is 4.08. The van der Waals surface area contributed by atoms with E-state index in [-0.39, 0.29) is 5.41 Å². The molecule has 0 bridgehead atoms. The van der Waals surface area contributed by atoms with Crippen LogP contribution in [0.15, 0.2) is 30.5 Å². The molecule has 0 amide bonds. The Labute approximate surface area is 120 Å². The highest BCUT2D eigenvalue weighted by Gasteiger charge is 2.30. The van der Waals surface area contributed by atoms with E-state index in [0.29, 0.717) is 6.61 Å². The summed E-state index contributed by atoms with van der Waals surface area (Å²) in [5, 5.41) is 14.5. The number of aromatic amines is 1. The Morgan fingerprint density at radius 1 is 1.15 bits per heavy atom. The molecule has 1 aromatic carbocycles. The van der Waals surface area contributed by atoms with Gasteiger partial charge in [0, 0.05) is 36.8 Å². The summed E-state index contributed by atoms with van der Waals surface area (Å²) < 4.78 is 0. The van der Waals surface area contributed by atoms with E-state index in [9.17, 15) is 5.11 Å². The number of nitrogens with one attached hydrogen (secondary N) is 2. The minimum atomic E-state index is 0.121. The van der Waals surface area contributed by atoms with Crippen LogP contribution >= 0.6 is 0 Å². The minimum Gasteiger partial charge on any atom is -0.396 e. The number of rotatable bonds is 5. The lowest BCUT2D eigenvalue weighted by Gasteiger charge is -2.35. The molecule has 3 nitrogen and oxygen atoms in total. The molecule has 108 valence electrons. The van der Waals surface area contributed by atoms with Crippen LogP contribution in [0.25, 0.3) is 10.9 Å². The third-order valence-electron chi connectivity index (χ3n) is 4.70.